The van der Waals surface area contributed by atoms with Crippen LogP contribution in [0.25, 0.3) is 22.5 Å². The number of ether oxygens (including phenoxy) is 2. The zero-order chi connectivity index (χ0) is 32.5. The second-order valence-electron chi connectivity index (χ2n) is 10.0. The number of aryl methyl sites for hydroxylation is 1. The summed E-state index contributed by atoms with van der Waals surface area (Å²) in [6.07, 6.45) is 1.78. The smallest absolute Gasteiger partial charge is 0.459 e. The first kappa shape index (κ1) is 31.8. The normalized spacial score (nSPS) is 10.8. The summed E-state index contributed by atoms with van der Waals surface area (Å²) in [7, 11) is 0. The summed E-state index contributed by atoms with van der Waals surface area (Å²) in [5, 5.41) is 22.1. The van der Waals surface area contributed by atoms with Crippen LogP contribution in [0, 0.1) is 10.1 Å². The largest absolute Gasteiger partial charge is 0.461 e. The van der Waals surface area contributed by atoms with Crippen molar-refractivity contribution in [1.29, 1.82) is 0 Å². The summed E-state index contributed by atoms with van der Waals surface area (Å²) in [5.74, 6) is 1.17. The van der Waals surface area contributed by atoms with Crippen molar-refractivity contribution in [3.05, 3.63) is 111 Å². The molecule has 0 aliphatic carbocycles. The number of hydrogen-bond acceptors (Lipinski definition) is 11. The Morgan fingerprint density at radius 2 is 1.80 bits per heavy atom. The Morgan fingerprint density at radius 1 is 1.02 bits per heavy atom. The van der Waals surface area contributed by atoms with Gasteiger partial charge in [-0.25, -0.2) is 9.78 Å². The summed E-state index contributed by atoms with van der Waals surface area (Å²) in [6.45, 7) is 2.71. The molecule has 14 nitrogen and oxygen atoms in total. The van der Waals surface area contributed by atoms with E-state index < -0.39 is 11.2 Å². The van der Waals surface area contributed by atoms with E-state index in [9.17, 15) is 19.7 Å². The SMILES string of the molecule is CCCCc1nc(Cl)c(COC=O)n1Cc1ccc(-c2ccccc2-c2nnn(C(=O)Oc3cccc(CO[N+](=O)[O-])c3)n2)cc1. The molecule has 3 aromatic carbocycles. The number of aromatic nitrogens is 6. The molecule has 5 aromatic rings. The molecule has 2 heterocycles. The predicted molar refractivity (Wildman–Crippen MR) is 164 cm³/mol. The van der Waals surface area contributed by atoms with Crippen LogP contribution in [0.4, 0.5) is 4.79 Å². The molecule has 236 valence electrons. The molecule has 0 fully saturated rings. The van der Waals surface area contributed by atoms with Gasteiger partial charge in [-0.1, -0.05) is 90.4 Å². The van der Waals surface area contributed by atoms with E-state index in [4.69, 9.17) is 21.1 Å². The van der Waals surface area contributed by atoms with E-state index in [-0.39, 0.29) is 24.8 Å². The Bertz CT molecular complexity index is 1840. The molecule has 0 bridgehead atoms. The molecule has 0 amide bonds. The van der Waals surface area contributed by atoms with Crippen molar-refractivity contribution in [2.75, 3.05) is 0 Å². The van der Waals surface area contributed by atoms with Gasteiger partial charge in [-0.05, 0) is 46.0 Å². The van der Waals surface area contributed by atoms with E-state index >= 15 is 0 Å². The highest BCUT2D eigenvalue weighted by atomic mass is 35.5. The molecule has 2 aromatic heterocycles. The molecular weight excluding hydrogens is 618 g/mol. The highest BCUT2D eigenvalue weighted by Gasteiger charge is 2.19. The molecule has 0 N–H and O–H groups in total. The number of carbonyl (C=O) groups excluding carboxylic acids is 2. The number of benzene rings is 3. The van der Waals surface area contributed by atoms with Gasteiger partial charge in [0.2, 0.25) is 5.82 Å². The molecule has 46 heavy (non-hydrogen) atoms. The monoisotopic (exact) mass is 645 g/mol. The van der Waals surface area contributed by atoms with Crippen LogP contribution in [-0.2, 0) is 40.5 Å². The van der Waals surface area contributed by atoms with Crippen molar-refractivity contribution in [2.24, 2.45) is 0 Å². The maximum absolute atomic E-state index is 12.7. The highest BCUT2D eigenvalue weighted by molar-refractivity contribution is 6.30. The summed E-state index contributed by atoms with van der Waals surface area (Å²) < 4.78 is 12.3. The Balaban J connectivity index is 1.33. The average Bonchev–Trinajstić information content (AvgIpc) is 3.67. The van der Waals surface area contributed by atoms with Crippen LogP contribution in [0.2, 0.25) is 5.15 Å². The van der Waals surface area contributed by atoms with Gasteiger partial charge >= 0.3 is 6.09 Å². The third-order valence-corrected chi connectivity index (χ3v) is 7.24. The topological polar surface area (TPSA) is 166 Å². The van der Waals surface area contributed by atoms with Crippen LogP contribution in [-0.4, -0.2) is 47.4 Å². The Labute approximate surface area is 267 Å². The molecule has 0 saturated carbocycles. The molecule has 0 aliphatic rings. The molecule has 0 aliphatic heterocycles. The third-order valence-electron chi connectivity index (χ3n) is 6.94. The van der Waals surface area contributed by atoms with Crippen molar-refractivity contribution >= 4 is 24.2 Å². The number of nitrogens with zero attached hydrogens (tertiary/aromatic N) is 7. The predicted octanol–water partition coefficient (Wildman–Crippen LogP) is 5.68. The van der Waals surface area contributed by atoms with E-state index in [0.717, 1.165) is 46.6 Å². The van der Waals surface area contributed by atoms with Crippen molar-refractivity contribution in [3.63, 3.8) is 0 Å². The van der Waals surface area contributed by atoms with Gasteiger partial charge in [0, 0.05) is 18.5 Å². The minimum Gasteiger partial charge on any atom is -0.461 e. The maximum atomic E-state index is 12.7. The molecule has 0 spiro atoms. The first-order valence-electron chi connectivity index (χ1n) is 14.2. The van der Waals surface area contributed by atoms with E-state index in [1.807, 2.05) is 53.1 Å². The van der Waals surface area contributed by atoms with Crippen LogP contribution in [0.1, 0.15) is 42.4 Å². The molecule has 0 radical (unpaired) electrons. The molecule has 0 atom stereocenters. The maximum Gasteiger partial charge on any atom is 0.459 e. The quantitative estimate of drug-likeness (QED) is 0.0828. The molecule has 15 heteroatoms. The number of rotatable bonds is 14. The van der Waals surface area contributed by atoms with Gasteiger partial charge in [0.05, 0.1) is 5.69 Å². The first-order valence-corrected chi connectivity index (χ1v) is 14.6. The van der Waals surface area contributed by atoms with Crippen LogP contribution in [0.5, 0.6) is 5.75 Å². The van der Waals surface area contributed by atoms with Crippen LogP contribution >= 0.6 is 11.6 Å². The Morgan fingerprint density at radius 3 is 2.54 bits per heavy atom. The standard InChI is InChI=1S/C31H28ClN7O7/c1-2-3-11-28-33-29(32)27(19-44-20-40)37(28)17-21-12-14-23(15-13-21)25-9-4-5-10-26(25)30-34-36-38(35-30)31(41)46-24-8-6-7-22(16-24)18-45-39(42)43/h4-10,12-16,20H,2-3,11,17-19H2,1H3. The number of unbranched alkanes of at least 4 members (excludes halogenated alkanes) is 1. The fourth-order valence-corrected chi connectivity index (χ4v) is 4.99. The van der Waals surface area contributed by atoms with Crippen molar-refractivity contribution in [2.45, 2.75) is 45.9 Å². The fourth-order valence-electron chi connectivity index (χ4n) is 4.74. The summed E-state index contributed by atoms with van der Waals surface area (Å²) >= 11 is 6.40. The lowest BCUT2D eigenvalue weighted by molar-refractivity contribution is -0.763. The summed E-state index contributed by atoms with van der Waals surface area (Å²) in [4.78, 5) is 43.7. The van der Waals surface area contributed by atoms with Gasteiger partial charge in [0.15, 0.2) is 5.15 Å². The minimum atomic E-state index is -0.913. The van der Waals surface area contributed by atoms with Crippen molar-refractivity contribution in [1.82, 2.24) is 29.8 Å². The molecular formula is C31H28ClN7O7. The molecule has 0 saturated heterocycles. The van der Waals surface area contributed by atoms with Gasteiger partial charge in [0.25, 0.3) is 11.6 Å². The third kappa shape index (κ3) is 7.71. The second kappa shape index (κ2) is 14.9. The number of hydrogen-bond donors (Lipinski definition) is 0. The van der Waals surface area contributed by atoms with Gasteiger partial charge in [-0.3, -0.25) is 4.79 Å². The number of tetrazole rings is 1. The lowest BCUT2D eigenvalue weighted by Crippen LogP contribution is -2.20. The van der Waals surface area contributed by atoms with Crippen molar-refractivity contribution < 1.29 is 29.0 Å². The minimum absolute atomic E-state index is 0.0272. The fraction of sp³-hybridized carbons (Fsp3) is 0.226. The lowest BCUT2D eigenvalue weighted by atomic mass is 9.98. The van der Waals surface area contributed by atoms with E-state index in [0.29, 0.717) is 35.0 Å². The first-order chi connectivity index (χ1) is 22.4. The summed E-state index contributed by atoms with van der Waals surface area (Å²) in [6, 6.07) is 21.5. The van der Waals surface area contributed by atoms with Gasteiger partial charge in [0.1, 0.15) is 24.8 Å². The average molecular weight is 646 g/mol. The van der Waals surface area contributed by atoms with Crippen molar-refractivity contribution in [3.8, 4) is 28.3 Å². The number of halogens is 1. The zero-order valence-electron chi connectivity index (χ0n) is 24.6. The number of carbonyl (C=O) groups is 2. The Kier molecular flexibility index (Phi) is 10.3. The highest BCUT2D eigenvalue weighted by Crippen LogP contribution is 2.30. The zero-order valence-corrected chi connectivity index (χ0v) is 25.4. The van der Waals surface area contributed by atoms with E-state index in [1.54, 1.807) is 12.1 Å². The van der Waals surface area contributed by atoms with Gasteiger partial charge < -0.3 is 18.9 Å². The Hall–Kier alpha value is -5.63. The van der Waals surface area contributed by atoms with Crippen LogP contribution in [0.15, 0.2) is 72.8 Å². The summed E-state index contributed by atoms with van der Waals surface area (Å²) in [5.41, 5.74) is 4.40. The van der Waals surface area contributed by atoms with Crippen LogP contribution in [0.3, 0.4) is 0 Å². The van der Waals surface area contributed by atoms with Gasteiger partial charge in [-0.2, -0.15) is 0 Å². The number of imidazole rings is 1. The van der Waals surface area contributed by atoms with E-state index in [2.05, 4.69) is 32.2 Å². The second-order valence-corrected chi connectivity index (χ2v) is 10.4. The molecule has 0 unspecified atom stereocenters. The van der Waals surface area contributed by atoms with E-state index in [1.165, 1.54) is 12.1 Å². The van der Waals surface area contributed by atoms with Crippen LogP contribution < -0.4 is 4.74 Å². The molecule has 5 rings (SSSR count). The lowest BCUT2D eigenvalue weighted by Gasteiger charge is -2.13. The van der Waals surface area contributed by atoms with Gasteiger partial charge in [-0.15, -0.1) is 20.3 Å².